The Morgan fingerprint density at radius 3 is 2.40 bits per heavy atom. The summed E-state index contributed by atoms with van der Waals surface area (Å²) in [5.41, 5.74) is 0. The van der Waals surface area contributed by atoms with Crippen LogP contribution >= 0.6 is 0 Å². The minimum absolute atomic E-state index is 0.134. The molecule has 0 aliphatic heterocycles. The second kappa shape index (κ2) is 2.42. The van der Waals surface area contributed by atoms with Crippen molar-refractivity contribution in [2.24, 2.45) is 7.05 Å². The molecule has 0 aliphatic rings. The quantitative estimate of drug-likeness (QED) is 0.574. The zero-order valence-electron chi connectivity index (χ0n) is 5.74. The van der Waals surface area contributed by atoms with Crippen LogP contribution in [0.1, 0.15) is 5.82 Å². The average Bonchev–Trinajstić information content (AvgIpc) is 2.13. The van der Waals surface area contributed by atoms with Crippen LogP contribution in [0.4, 0.5) is 0 Å². The minimum atomic E-state index is -2.52. The maximum absolute atomic E-state index is 10.3. The maximum atomic E-state index is 10.3. The first-order valence-electron chi connectivity index (χ1n) is 2.75. The van der Waals surface area contributed by atoms with Crippen LogP contribution in [0.25, 0.3) is 0 Å². The van der Waals surface area contributed by atoms with Crippen molar-refractivity contribution in [1.82, 2.24) is 9.55 Å². The van der Waals surface area contributed by atoms with Gasteiger partial charge in [-0.3, -0.25) is 0 Å². The van der Waals surface area contributed by atoms with Crippen molar-refractivity contribution in [3.63, 3.8) is 0 Å². The highest BCUT2D eigenvalue weighted by Gasteiger charge is 2.00. The lowest BCUT2D eigenvalue weighted by Gasteiger charge is -1.87. The molecule has 4 nitrogen and oxygen atoms in total. The molecule has 0 atom stereocenters. The average molecular weight is 160 g/mol. The third-order valence-electron chi connectivity index (χ3n) is 1.28. The molecule has 1 aromatic rings. The summed E-state index contributed by atoms with van der Waals surface area (Å²) in [7, 11) is -0.768. The van der Waals surface area contributed by atoms with Gasteiger partial charge < -0.3 is 4.57 Å². The highest BCUT2D eigenvalue weighted by molar-refractivity contribution is 7.72. The fraction of sp³-hybridized carbons (Fsp3) is 0.400. The second-order valence-corrected chi connectivity index (χ2v) is 2.99. The molecule has 1 heterocycles. The molecule has 5 heteroatoms. The van der Waals surface area contributed by atoms with Gasteiger partial charge in [0.2, 0.25) is 0 Å². The summed E-state index contributed by atoms with van der Waals surface area (Å²) in [6.45, 7) is 1.75. The molecule has 1 rings (SSSR count). The zero-order valence-corrected chi connectivity index (χ0v) is 6.63. The fourth-order valence-electron chi connectivity index (χ4n) is 0.628. The van der Waals surface area contributed by atoms with Crippen molar-refractivity contribution in [1.29, 1.82) is 0 Å². The Morgan fingerprint density at radius 1 is 1.60 bits per heavy atom. The summed E-state index contributed by atoms with van der Waals surface area (Å²) < 4.78 is 22.3. The van der Waals surface area contributed by atoms with Crippen LogP contribution in [-0.2, 0) is 17.8 Å². The first-order chi connectivity index (χ1) is 4.61. The summed E-state index contributed by atoms with van der Waals surface area (Å²) >= 11 is 0. The smallest absolute Gasteiger partial charge is 0.187 e. The minimum Gasteiger partial charge on any atom is -0.337 e. The third-order valence-corrected chi connectivity index (χ3v) is 1.87. The lowest BCUT2D eigenvalue weighted by Crippen LogP contribution is -1.86. The summed E-state index contributed by atoms with van der Waals surface area (Å²) in [5.74, 6) is 0.703. The molecule has 0 fully saturated rings. The van der Waals surface area contributed by atoms with Gasteiger partial charge in [0.1, 0.15) is 5.82 Å². The number of aromatic nitrogens is 2. The summed E-state index contributed by atoms with van der Waals surface area (Å²) in [4.78, 5) is 3.78. The molecule has 0 N–H and O–H groups in total. The fourth-order valence-corrected chi connectivity index (χ4v) is 1.12. The van der Waals surface area contributed by atoms with E-state index in [0.717, 1.165) is 0 Å². The van der Waals surface area contributed by atoms with Crippen LogP contribution in [-0.4, -0.2) is 18.0 Å². The molecule has 0 aromatic carbocycles. The van der Waals surface area contributed by atoms with Gasteiger partial charge in [-0.25, -0.2) is 13.4 Å². The van der Waals surface area contributed by atoms with E-state index in [-0.39, 0.29) is 5.03 Å². The van der Waals surface area contributed by atoms with Crippen molar-refractivity contribution in [2.75, 3.05) is 0 Å². The maximum Gasteiger partial charge on any atom is 0.187 e. The van der Waals surface area contributed by atoms with E-state index >= 15 is 0 Å². The Labute approximate surface area is 60.5 Å². The molecular formula is C5H8N2O2S. The highest BCUT2D eigenvalue weighted by atomic mass is 32.2. The Balaban J connectivity index is 3.22. The van der Waals surface area contributed by atoms with Crippen molar-refractivity contribution < 1.29 is 8.42 Å². The van der Waals surface area contributed by atoms with Crippen molar-refractivity contribution in [2.45, 2.75) is 11.9 Å². The van der Waals surface area contributed by atoms with Gasteiger partial charge in [0.15, 0.2) is 15.7 Å². The predicted octanol–water partition coefficient (Wildman–Crippen LogP) is -0.301. The van der Waals surface area contributed by atoms with Crippen LogP contribution in [0.5, 0.6) is 0 Å². The van der Waals surface area contributed by atoms with Crippen LogP contribution in [0.15, 0.2) is 11.2 Å². The number of rotatable bonds is 1. The topological polar surface area (TPSA) is 52.0 Å². The number of aryl methyl sites for hydroxylation is 2. The lowest BCUT2D eigenvalue weighted by molar-refractivity contribution is 0.611. The van der Waals surface area contributed by atoms with Crippen molar-refractivity contribution in [3.05, 3.63) is 12.0 Å². The Kier molecular flexibility index (Phi) is 1.76. The molecule has 56 valence electrons. The van der Waals surface area contributed by atoms with Gasteiger partial charge in [-0.05, 0) is 6.92 Å². The van der Waals surface area contributed by atoms with Gasteiger partial charge >= 0.3 is 0 Å². The monoisotopic (exact) mass is 160 g/mol. The largest absolute Gasteiger partial charge is 0.337 e. The predicted molar refractivity (Wildman–Crippen MR) is 36.5 cm³/mol. The number of hydrogen-bond donors (Lipinski definition) is 1. The third kappa shape index (κ3) is 1.18. The van der Waals surface area contributed by atoms with Crippen LogP contribution in [0, 0.1) is 6.92 Å². The molecular weight excluding hydrogens is 152 g/mol. The molecule has 0 bridgehead atoms. The number of imidazole rings is 1. The molecule has 0 aliphatic carbocycles. The van der Waals surface area contributed by atoms with Gasteiger partial charge in [-0.2, -0.15) is 0 Å². The molecule has 0 spiro atoms. The van der Waals surface area contributed by atoms with Crippen LogP contribution in [0.2, 0.25) is 0 Å². The normalized spacial score (nSPS) is 10.7. The SMILES string of the molecule is Cc1nc([SH](=O)=O)cn1C. The van der Waals surface area contributed by atoms with Gasteiger partial charge in [0, 0.05) is 13.2 Å². The first kappa shape index (κ1) is 7.27. The van der Waals surface area contributed by atoms with Crippen molar-refractivity contribution in [3.8, 4) is 0 Å². The first-order valence-corrected chi connectivity index (χ1v) is 3.93. The Morgan fingerprint density at radius 2 is 2.20 bits per heavy atom. The number of hydrogen-bond acceptors (Lipinski definition) is 3. The van der Waals surface area contributed by atoms with E-state index in [0.29, 0.717) is 5.82 Å². The van der Waals surface area contributed by atoms with Gasteiger partial charge in [0.05, 0.1) is 0 Å². The van der Waals surface area contributed by atoms with Crippen LogP contribution < -0.4 is 0 Å². The summed E-state index contributed by atoms with van der Waals surface area (Å²) in [6, 6.07) is 0. The molecule has 0 unspecified atom stereocenters. The van der Waals surface area contributed by atoms with Crippen LogP contribution in [0.3, 0.4) is 0 Å². The van der Waals surface area contributed by atoms with E-state index in [9.17, 15) is 8.42 Å². The van der Waals surface area contributed by atoms with Gasteiger partial charge in [0.25, 0.3) is 0 Å². The molecule has 0 radical (unpaired) electrons. The summed E-state index contributed by atoms with van der Waals surface area (Å²) in [5, 5.41) is 0.134. The summed E-state index contributed by atoms with van der Waals surface area (Å²) in [6.07, 6.45) is 1.49. The van der Waals surface area contributed by atoms with E-state index in [1.807, 2.05) is 0 Å². The van der Waals surface area contributed by atoms with Crippen molar-refractivity contribution >= 4 is 10.7 Å². The highest BCUT2D eigenvalue weighted by Crippen LogP contribution is 1.99. The lowest BCUT2D eigenvalue weighted by atomic mass is 10.7. The van der Waals surface area contributed by atoms with E-state index in [4.69, 9.17) is 0 Å². The second-order valence-electron chi connectivity index (χ2n) is 2.01. The van der Waals surface area contributed by atoms with E-state index in [1.165, 1.54) is 6.20 Å². The number of thiol groups is 1. The number of nitrogens with zero attached hydrogens (tertiary/aromatic N) is 2. The Bertz CT molecular complexity index is 286. The van der Waals surface area contributed by atoms with E-state index < -0.39 is 10.7 Å². The molecule has 1 aromatic heterocycles. The standard InChI is InChI=1S/C5H8N2O2S/c1-4-6-5(10(8)9)3-7(4)2/h3,10H,1-2H3. The Hall–Kier alpha value is -0.840. The molecule has 0 saturated heterocycles. The van der Waals surface area contributed by atoms with Gasteiger partial charge in [-0.1, -0.05) is 0 Å². The molecule has 0 saturated carbocycles. The zero-order chi connectivity index (χ0) is 7.72. The van der Waals surface area contributed by atoms with Gasteiger partial charge in [-0.15, -0.1) is 0 Å². The van der Waals surface area contributed by atoms with E-state index in [1.54, 1.807) is 18.5 Å². The molecule has 0 amide bonds. The van der Waals surface area contributed by atoms with E-state index in [2.05, 4.69) is 4.98 Å². The molecule has 10 heavy (non-hydrogen) atoms.